The molecule has 1 aromatic heterocycles. The van der Waals surface area contributed by atoms with E-state index in [1.165, 1.54) is 0 Å². The lowest BCUT2D eigenvalue weighted by Crippen LogP contribution is -2.61. The van der Waals surface area contributed by atoms with E-state index in [0.29, 0.717) is 22.6 Å². The molecule has 1 saturated heterocycles. The quantitative estimate of drug-likeness (QED) is 0.510. The van der Waals surface area contributed by atoms with Gasteiger partial charge in [-0.2, -0.15) is 0 Å². The number of nitrogens with zero attached hydrogens (tertiary/aromatic N) is 1. The van der Waals surface area contributed by atoms with Crippen LogP contribution >= 0.6 is 0 Å². The lowest BCUT2D eigenvalue weighted by molar-refractivity contribution is -0.271. The van der Waals surface area contributed by atoms with Crippen molar-refractivity contribution in [1.29, 1.82) is 0 Å². The number of rotatable bonds is 4. The van der Waals surface area contributed by atoms with Crippen molar-refractivity contribution in [2.75, 3.05) is 0 Å². The standard InChI is InChI=1S/C19H17NO8/c21-13-14(22)16(18(24)25)28-19(15(13)23)26-10-5-3-4-9(8-10)17-20-11-6-1-2-7-12(11)27-17/h1-8,13-16,19,21-23H,(H,24,25). The van der Waals surface area contributed by atoms with Crippen molar-refractivity contribution < 1.29 is 39.1 Å². The molecule has 5 atom stereocenters. The number of ether oxygens (including phenoxy) is 2. The molecule has 0 amide bonds. The van der Waals surface area contributed by atoms with Gasteiger partial charge in [0.1, 0.15) is 29.6 Å². The van der Waals surface area contributed by atoms with Crippen molar-refractivity contribution in [2.45, 2.75) is 30.7 Å². The molecule has 28 heavy (non-hydrogen) atoms. The number of fused-ring (bicyclic) bond motifs is 1. The number of aliphatic carboxylic acids is 1. The van der Waals surface area contributed by atoms with Gasteiger partial charge in [0, 0.05) is 5.56 Å². The zero-order valence-corrected chi connectivity index (χ0v) is 14.4. The van der Waals surface area contributed by atoms with Crippen molar-refractivity contribution in [3.05, 3.63) is 48.5 Å². The number of benzene rings is 2. The van der Waals surface area contributed by atoms with Gasteiger partial charge < -0.3 is 34.3 Å². The molecule has 9 nitrogen and oxygen atoms in total. The third-order valence-corrected chi connectivity index (χ3v) is 4.44. The molecule has 0 radical (unpaired) electrons. The highest BCUT2D eigenvalue weighted by atomic mass is 16.7. The van der Waals surface area contributed by atoms with E-state index >= 15 is 0 Å². The number of hydrogen-bond donors (Lipinski definition) is 4. The van der Waals surface area contributed by atoms with Crippen LogP contribution in [0.1, 0.15) is 0 Å². The van der Waals surface area contributed by atoms with E-state index in [0.717, 1.165) is 0 Å². The molecule has 9 heteroatoms. The minimum atomic E-state index is -1.78. The fourth-order valence-electron chi connectivity index (χ4n) is 2.98. The van der Waals surface area contributed by atoms with Gasteiger partial charge in [0.05, 0.1) is 0 Å². The lowest BCUT2D eigenvalue weighted by atomic mass is 9.99. The Kier molecular flexibility index (Phi) is 4.73. The average Bonchev–Trinajstić information content (AvgIpc) is 3.13. The van der Waals surface area contributed by atoms with Gasteiger partial charge in [0.15, 0.2) is 11.7 Å². The van der Waals surface area contributed by atoms with Crippen LogP contribution in [0.5, 0.6) is 5.75 Å². The minimum Gasteiger partial charge on any atom is -0.479 e. The summed E-state index contributed by atoms with van der Waals surface area (Å²) in [7, 11) is 0. The SMILES string of the molecule is O=C(O)C1OC(Oc2cccc(-c3nc4ccccc4o3)c2)C(O)C(O)C1O. The Morgan fingerprint density at radius 1 is 1.00 bits per heavy atom. The zero-order valence-electron chi connectivity index (χ0n) is 14.4. The summed E-state index contributed by atoms with van der Waals surface area (Å²) in [6.45, 7) is 0. The molecule has 146 valence electrons. The lowest BCUT2D eigenvalue weighted by Gasteiger charge is -2.38. The second-order valence-corrected chi connectivity index (χ2v) is 6.37. The molecule has 4 rings (SSSR count). The summed E-state index contributed by atoms with van der Waals surface area (Å²) in [5.41, 5.74) is 1.90. The summed E-state index contributed by atoms with van der Waals surface area (Å²) >= 11 is 0. The van der Waals surface area contributed by atoms with E-state index in [-0.39, 0.29) is 5.75 Å². The number of aromatic nitrogens is 1. The number of aliphatic hydroxyl groups excluding tert-OH is 3. The maximum Gasteiger partial charge on any atom is 0.335 e. The number of hydrogen-bond acceptors (Lipinski definition) is 8. The van der Waals surface area contributed by atoms with Gasteiger partial charge in [-0.3, -0.25) is 0 Å². The minimum absolute atomic E-state index is 0.233. The van der Waals surface area contributed by atoms with Gasteiger partial charge in [-0.15, -0.1) is 0 Å². The van der Waals surface area contributed by atoms with E-state index in [9.17, 15) is 20.1 Å². The van der Waals surface area contributed by atoms with Crippen LogP contribution in [-0.2, 0) is 9.53 Å². The molecular formula is C19H17NO8. The molecule has 4 N–H and O–H groups in total. The Bertz CT molecular complexity index is 969. The topological polar surface area (TPSA) is 142 Å². The molecule has 1 aliphatic rings. The van der Waals surface area contributed by atoms with Gasteiger partial charge in [0.2, 0.25) is 12.2 Å². The summed E-state index contributed by atoms with van der Waals surface area (Å²) in [5.74, 6) is -0.889. The molecule has 0 bridgehead atoms. The van der Waals surface area contributed by atoms with Crippen LogP contribution in [0.25, 0.3) is 22.6 Å². The van der Waals surface area contributed by atoms with E-state index in [1.807, 2.05) is 18.2 Å². The molecule has 1 fully saturated rings. The van der Waals surface area contributed by atoms with Crippen LogP contribution in [0, 0.1) is 0 Å². The fourth-order valence-corrected chi connectivity index (χ4v) is 2.98. The van der Waals surface area contributed by atoms with Crippen LogP contribution in [0.15, 0.2) is 52.9 Å². The van der Waals surface area contributed by atoms with Gasteiger partial charge in [-0.1, -0.05) is 18.2 Å². The fraction of sp³-hybridized carbons (Fsp3) is 0.263. The van der Waals surface area contributed by atoms with E-state index < -0.39 is 36.7 Å². The third-order valence-electron chi connectivity index (χ3n) is 4.44. The Labute approximate surface area is 158 Å². The second-order valence-electron chi connectivity index (χ2n) is 6.37. The van der Waals surface area contributed by atoms with E-state index in [1.54, 1.807) is 30.3 Å². The van der Waals surface area contributed by atoms with Crippen LogP contribution in [0.4, 0.5) is 0 Å². The Balaban J connectivity index is 1.58. The molecule has 2 aromatic carbocycles. The Morgan fingerprint density at radius 2 is 1.79 bits per heavy atom. The molecule has 0 aliphatic carbocycles. The van der Waals surface area contributed by atoms with Crippen LogP contribution in [0.3, 0.4) is 0 Å². The predicted molar refractivity (Wildman–Crippen MR) is 94.4 cm³/mol. The number of oxazole rings is 1. The van der Waals surface area contributed by atoms with Crippen molar-refractivity contribution in [1.82, 2.24) is 4.98 Å². The number of para-hydroxylation sites is 2. The average molecular weight is 387 g/mol. The predicted octanol–water partition coefficient (Wildman–Crippen LogP) is 0.766. The Morgan fingerprint density at radius 3 is 2.54 bits per heavy atom. The van der Waals surface area contributed by atoms with Crippen LogP contribution < -0.4 is 4.74 Å². The highest BCUT2D eigenvalue weighted by molar-refractivity contribution is 5.76. The first kappa shape index (κ1) is 18.4. The number of carbonyl (C=O) groups is 1. The van der Waals surface area contributed by atoms with Gasteiger partial charge in [0.25, 0.3) is 0 Å². The first-order valence-corrected chi connectivity index (χ1v) is 8.49. The number of carboxylic acid groups (broad SMARTS) is 1. The monoisotopic (exact) mass is 387 g/mol. The van der Waals surface area contributed by atoms with E-state index in [2.05, 4.69) is 4.98 Å². The van der Waals surface area contributed by atoms with Crippen molar-refractivity contribution in [3.63, 3.8) is 0 Å². The summed E-state index contributed by atoms with van der Waals surface area (Å²) < 4.78 is 16.3. The highest BCUT2D eigenvalue weighted by Crippen LogP contribution is 2.29. The molecule has 1 aliphatic heterocycles. The molecule has 0 spiro atoms. The Hall–Kier alpha value is -2.98. The first-order valence-electron chi connectivity index (χ1n) is 8.49. The zero-order chi connectivity index (χ0) is 19.8. The van der Waals surface area contributed by atoms with Crippen molar-refractivity contribution >= 4 is 17.1 Å². The van der Waals surface area contributed by atoms with Crippen LogP contribution in [0.2, 0.25) is 0 Å². The summed E-state index contributed by atoms with van der Waals surface area (Å²) in [6, 6.07) is 13.8. The van der Waals surface area contributed by atoms with Crippen molar-refractivity contribution in [2.24, 2.45) is 0 Å². The highest BCUT2D eigenvalue weighted by Gasteiger charge is 2.48. The normalized spacial score (nSPS) is 27.6. The first-order chi connectivity index (χ1) is 13.4. The van der Waals surface area contributed by atoms with Crippen molar-refractivity contribution in [3.8, 4) is 17.2 Å². The maximum absolute atomic E-state index is 11.2. The number of carboxylic acids is 1. The molecular weight excluding hydrogens is 370 g/mol. The smallest absolute Gasteiger partial charge is 0.335 e. The van der Waals surface area contributed by atoms with E-state index in [4.69, 9.17) is 19.0 Å². The summed E-state index contributed by atoms with van der Waals surface area (Å²) in [5, 5.41) is 38.8. The van der Waals surface area contributed by atoms with Gasteiger partial charge >= 0.3 is 5.97 Å². The summed E-state index contributed by atoms with van der Waals surface area (Å²) in [4.78, 5) is 15.6. The molecule has 0 saturated carbocycles. The van der Waals surface area contributed by atoms with Gasteiger partial charge in [-0.25, -0.2) is 9.78 Å². The maximum atomic E-state index is 11.2. The number of aliphatic hydroxyl groups is 3. The summed E-state index contributed by atoms with van der Waals surface area (Å²) in [6.07, 6.45) is -8.38. The molecule has 2 heterocycles. The molecule has 5 unspecified atom stereocenters. The van der Waals surface area contributed by atoms with Gasteiger partial charge in [-0.05, 0) is 30.3 Å². The van der Waals surface area contributed by atoms with Crippen LogP contribution in [-0.4, -0.2) is 62.1 Å². The molecule has 3 aromatic rings. The largest absolute Gasteiger partial charge is 0.479 e. The third kappa shape index (κ3) is 3.32. The second kappa shape index (κ2) is 7.21.